The molecule has 3 nitrogen and oxygen atoms in total. The normalized spacial score (nSPS) is 15.2. The van der Waals surface area contributed by atoms with Crippen molar-refractivity contribution in [3.63, 3.8) is 0 Å². The number of hydrogen-bond donors (Lipinski definition) is 1. The van der Waals surface area contributed by atoms with E-state index < -0.39 is 0 Å². The lowest BCUT2D eigenvalue weighted by atomic mass is 10.1. The highest BCUT2D eigenvalue weighted by Crippen LogP contribution is 2.45. The fourth-order valence-electron chi connectivity index (χ4n) is 3.40. The Morgan fingerprint density at radius 3 is 2.78 bits per heavy atom. The lowest BCUT2D eigenvalue weighted by Gasteiger charge is -2.19. The number of pyridine rings is 1. The van der Waals surface area contributed by atoms with Crippen LogP contribution in [-0.4, -0.2) is 18.3 Å². The molecule has 0 unspecified atom stereocenters. The van der Waals surface area contributed by atoms with Gasteiger partial charge < -0.3 is 10.0 Å². The molecule has 4 rings (SSSR count). The number of anilines is 1. The zero-order valence-electron chi connectivity index (χ0n) is 15.4. The van der Waals surface area contributed by atoms with Gasteiger partial charge in [-0.3, -0.25) is 0 Å². The number of allylic oxidation sites excluding steroid dienone is 2. The van der Waals surface area contributed by atoms with Gasteiger partial charge in [-0.15, -0.1) is 0 Å². The molecule has 0 bridgehead atoms. The number of benzene rings is 2. The van der Waals surface area contributed by atoms with Gasteiger partial charge in [0.25, 0.3) is 0 Å². The Balaban J connectivity index is 1.63. The Morgan fingerprint density at radius 2 is 1.89 bits per heavy atom. The largest absolute Gasteiger partial charge is 0.396 e. The van der Waals surface area contributed by atoms with Crippen LogP contribution in [0.15, 0.2) is 82.9 Å². The SMILES string of the molecule is C[n+]1ccc(/C=C/C=C2\Sc3ccccc3N2CCCO)c2ccccc21. The maximum atomic E-state index is 9.24. The average Bonchev–Trinajstić information content (AvgIpc) is 3.06. The standard InChI is InChI=1S/C23H23N2OS/c1-24-16-14-18(19-9-2-3-10-20(19)24)8-6-13-23-25(15-7-17-26)21-11-4-5-12-22(21)27-23/h2-6,8-14,16,26H,7,15,17H2,1H3/q+1. The van der Waals surface area contributed by atoms with Gasteiger partial charge in [-0.05, 0) is 36.3 Å². The molecule has 27 heavy (non-hydrogen) atoms. The topological polar surface area (TPSA) is 27.4 Å². The van der Waals surface area contributed by atoms with Crippen LogP contribution >= 0.6 is 11.8 Å². The lowest BCUT2D eigenvalue weighted by Crippen LogP contribution is -2.28. The van der Waals surface area contributed by atoms with Crippen molar-refractivity contribution in [1.29, 1.82) is 0 Å². The second-order valence-electron chi connectivity index (χ2n) is 6.56. The van der Waals surface area contributed by atoms with Crippen LogP contribution in [0.1, 0.15) is 12.0 Å². The Morgan fingerprint density at radius 1 is 1.07 bits per heavy atom. The summed E-state index contributed by atoms with van der Waals surface area (Å²) in [7, 11) is 2.07. The van der Waals surface area contributed by atoms with Gasteiger partial charge in [0, 0.05) is 30.2 Å². The molecule has 3 aromatic rings. The number of aryl methyl sites for hydroxylation is 1. The van der Waals surface area contributed by atoms with E-state index in [4.69, 9.17) is 0 Å². The molecule has 0 amide bonds. The van der Waals surface area contributed by atoms with Gasteiger partial charge >= 0.3 is 0 Å². The minimum Gasteiger partial charge on any atom is -0.396 e. The summed E-state index contributed by atoms with van der Waals surface area (Å²) in [6.45, 7) is 1.03. The number of aliphatic hydroxyl groups is 1. The number of aromatic nitrogens is 1. The van der Waals surface area contributed by atoms with E-state index in [0.29, 0.717) is 0 Å². The van der Waals surface area contributed by atoms with Gasteiger partial charge in [0.15, 0.2) is 6.20 Å². The van der Waals surface area contributed by atoms with E-state index in [1.165, 1.54) is 32.1 Å². The van der Waals surface area contributed by atoms with Gasteiger partial charge in [0.2, 0.25) is 5.52 Å². The van der Waals surface area contributed by atoms with Crippen LogP contribution in [0.25, 0.3) is 17.0 Å². The Hall–Kier alpha value is -2.56. The summed E-state index contributed by atoms with van der Waals surface area (Å²) >= 11 is 1.79. The monoisotopic (exact) mass is 375 g/mol. The number of hydrogen-bond acceptors (Lipinski definition) is 3. The van der Waals surface area contributed by atoms with Gasteiger partial charge in [-0.1, -0.05) is 48.2 Å². The zero-order chi connectivity index (χ0) is 18.6. The summed E-state index contributed by atoms with van der Waals surface area (Å²) in [5.74, 6) is 0. The first kappa shape index (κ1) is 17.8. The number of aliphatic hydroxyl groups excluding tert-OH is 1. The first-order valence-electron chi connectivity index (χ1n) is 9.19. The summed E-state index contributed by atoms with van der Waals surface area (Å²) in [5, 5.41) is 11.7. The second-order valence-corrected chi connectivity index (χ2v) is 7.62. The highest BCUT2D eigenvalue weighted by Gasteiger charge is 2.23. The van der Waals surface area contributed by atoms with E-state index in [1.54, 1.807) is 11.8 Å². The summed E-state index contributed by atoms with van der Waals surface area (Å²) < 4.78 is 2.14. The predicted octanol–water partition coefficient (Wildman–Crippen LogP) is 4.51. The molecule has 0 saturated heterocycles. The molecule has 0 saturated carbocycles. The van der Waals surface area contributed by atoms with Crippen molar-refractivity contribution in [2.24, 2.45) is 7.05 Å². The molecule has 1 aromatic heterocycles. The molecular weight excluding hydrogens is 352 g/mol. The molecule has 1 aliphatic rings. The van der Waals surface area contributed by atoms with Crippen molar-refractivity contribution < 1.29 is 9.67 Å². The van der Waals surface area contributed by atoms with Gasteiger partial charge in [-0.2, -0.15) is 0 Å². The summed E-state index contributed by atoms with van der Waals surface area (Å²) in [6, 6.07) is 19.1. The van der Waals surface area contributed by atoms with Crippen LogP contribution in [0.5, 0.6) is 0 Å². The third kappa shape index (κ3) is 3.64. The first-order chi connectivity index (χ1) is 13.3. The maximum absolute atomic E-state index is 9.24. The van der Waals surface area contributed by atoms with Crippen LogP contribution in [0.3, 0.4) is 0 Å². The molecule has 2 aromatic carbocycles. The molecule has 0 spiro atoms. The van der Waals surface area contributed by atoms with E-state index in [1.807, 2.05) is 0 Å². The van der Waals surface area contributed by atoms with Crippen molar-refractivity contribution in [2.45, 2.75) is 11.3 Å². The number of para-hydroxylation sites is 2. The van der Waals surface area contributed by atoms with E-state index in [0.717, 1.165) is 13.0 Å². The van der Waals surface area contributed by atoms with E-state index in [-0.39, 0.29) is 6.61 Å². The lowest BCUT2D eigenvalue weighted by molar-refractivity contribution is -0.644. The molecule has 136 valence electrons. The summed E-state index contributed by atoms with van der Waals surface area (Å²) in [4.78, 5) is 3.57. The maximum Gasteiger partial charge on any atom is 0.212 e. The molecule has 0 aliphatic carbocycles. The van der Waals surface area contributed by atoms with E-state index in [2.05, 4.69) is 95.5 Å². The van der Waals surface area contributed by atoms with Crippen LogP contribution < -0.4 is 9.47 Å². The average molecular weight is 376 g/mol. The highest BCUT2D eigenvalue weighted by molar-refractivity contribution is 8.03. The molecule has 0 radical (unpaired) electrons. The third-order valence-corrected chi connectivity index (χ3v) is 5.89. The predicted molar refractivity (Wildman–Crippen MR) is 114 cm³/mol. The quantitative estimate of drug-likeness (QED) is 0.665. The molecule has 4 heteroatoms. The molecule has 0 atom stereocenters. The molecular formula is C23H23N2OS+. The molecule has 2 heterocycles. The van der Waals surface area contributed by atoms with E-state index in [9.17, 15) is 5.11 Å². The van der Waals surface area contributed by atoms with Gasteiger partial charge in [0.1, 0.15) is 7.05 Å². The van der Waals surface area contributed by atoms with Crippen molar-refractivity contribution in [1.82, 2.24) is 0 Å². The summed E-state index contributed by atoms with van der Waals surface area (Å²) in [5.41, 5.74) is 3.66. The number of fused-ring (bicyclic) bond motifs is 2. The van der Waals surface area contributed by atoms with Crippen LogP contribution in [0, 0.1) is 0 Å². The first-order valence-corrected chi connectivity index (χ1v) is 10.0. The highest BCUT2D eigenvalue weighted by atomic mass is 32.2. The minimum atomic E-state index is 0.208. The minimum absolute atomic E-state index is 0.208. The van der Waals surface area contributed by atoms with Gasteiger partial charge in [-0.25, -0.2) is 4.57 Å². The molecule has 1 N–H and O–H groups in total. The van der Waals surface area contributed by atoms with E-state index >= 15 is 0 Å². The fraction of sp³-hybridized carbons (Fsp3) is 0.174. The van der Waals surface area contributed by atoms with Crippen molar-refractivity contribution in [2.75, 3.05) is 18.1 Å². The van der Waals surface area contributed by atoms with Crippen molar-refractivity contribution >= 4 is 34.4 Å². The Bertz CT molecular complexity index is 1030. The summed E-state index contributed by atoms with van der Waals surface area (Å²) in [6.07, 6.45) is 9.33. The van der Waals surface area contributed by atoms with Crippen molar-refractivity contribution in [3.8, 4) is 0 Å². The smallest absolute Gasteiger partial charge is 0.212 e. The van der Waals surface area contributed by atoms with Crippen molar-refractivity contribution in [3.05, 3.63) is 83.5 Å². The van der Waals surface area contributed by atoms with Crippen LogP contribution in [0.4, 0.5) is 5.69 Å². The fourth-order valence-corrected chi connectivity index (χ4v) is 4.50. The van der Waals surface area contributed by atoms with Gasteiger partial charge in [0.05, 0.1) is 16.1 Å². The number of nitrogens with zero attached hydrogens (tertiary/aromatic N) is 2. The Labute approximate surface area is 164 Å². The third-order valence-electron chi connectivity index (χ3n) is 4.76. The zero-order valence-corrected chi connectivity index (χ0v) is 16.2. The van der Waals surface area contributed by atoms with Crippen LogP contribution in [-0.2, 0) is 7.05 Å². The molecule has 0 fully saturated rings. The van der Waals surface area contributed by atoms with Crippen LogP contribution in [0.2, 0.25) is 0 Å². The Kier molecular flexibility index (Phi) is 5.28. The number of thioether (sulfide) groups is 1. The number of rotatable bonds is 5. The molecule has 1 aliphatic heterocycles. The second kappa shape index (κ2) is 7.99.